The van der Waals surface area contributed by atoms with Crippen LogP contribution in [0.5, 0.6) is 0 Å². The fraction of sp³-hybridized carbons (Fsp3) is 0.409. The summed E-state index contributed by atoms with van der Waals surface area (Å²) in [6.07, 6.45) is 3.41. The molecule has 1 fully saturated rings. The Balaban J connectivity index is 1.56. The summed E-state index contributed by atoms with van der Waals surface area (Å²) in [6.45, 7) is 3.87. The number of benzene rings is 1. The van der Waals surface area contributed by atoms with E-state index in [4.69, 9.17) is 0 Å². The van der Waals surface area contributed by atoms with Crippen LogP contribution in [0, 0.1) is 31.1 Å². The molecule has 28 heavy (non-hydrogen) atoms. The summed E-state index contributed by atoms with van der Waals surface area (Å²) in [6, 6.07) is 9.89. The van der Waals surface area contributed by atoms with Gasteiger partial charge in [0.05, 0.1) is 11.8 Å². The summed E-state index contributed by atoms with van der Waals surface area (Å²) in [4.78, 5) is 35.8. The van der Waals surface area contributed by atoms with Crippen LogP contribution in [0.1, 0.15) is 47.1 Å². The first-order chi connectivity index (χ1) is 13.5. The summed E-state index contributed by atoms with van der Waals surface area (Å²) in [5.74, 6) is -1.25. The van der Waals surface area contributed by atoms with Gasteiger partial charge in [0.2, 0.25) is 5.91 Å². The highest BCUT2D eigenvalue weighted by molar-refractivity contribution is 6.02. The fourth-order valence-electron chi connectivity index (χ4n) is 4.28. The number of Topliss-reactive ketones (excluding diaryl/α,β-unsaturated/α-hetero) is 1. The molecular formula is C22H22N4O2. The lowest BCUT2D eigenvalue weighted by molar-refractivity contribution is -0.124. The van der Waals surface area contributed by atoms with Crippen LogP contribution >= 0.6 is 0 Å². The molecule has 2 atom stereocenters. The normalized spacial score (nSPS) is 19.4. The molecule has 4 rings (SSSR count). The quantitative estimate of drug-likeness (QED) is 0.821. The molecule has 0 spiro atoms. The van der Waals surface area contributed by atoms with Crippen molar-refractivity contribution in [2.24, 2.45) is 5.92 Å². The van der Waals surface area contributed by atoms with Crippen LogP contribution < -0.4 is 4.90 Å². The van der Waals surface area contributed by atoms with Crippen LogP contribution in [0.2, 0.25) is 0 Å². The number of nitrogens with zero attached hydrogens (tertiary/aromatic N) is 4. The zero-order valence-electron chi connectivity index (χ0n) is 16.1. The van der Waals surface area contributed by atoms with Gasteiger partial charge in [0.25, 0.3) is 0 Å². The van der Waals surface area contributed by atoms with Crippen LogP contribution in [0.25, 0.3) is 0 Å². The number of aromatic nitrogens is 2. The predicted octanol–water partition coefficient (Wildman–Crippen LogP) is 2.81. The molecule has 2 heterocycles. The van der Waals surface area contributed by atoms with Gasteiger partial charge in [-0.3, -0.25) is 9.59 Å². The molecule has 6 nitrogen and oxygen atoms in total. The number of ketones is 1. The van der Waals surface area contributed by atoms with Gasteiger partial charge in [0, 0.05) is 30.3 Å². The molecular weight excluding hydrogens is 352 g/mol. The molecule has 1 aromatic carbocycles. The summed E-state index contributed by atoms with van der Waals surface area (Å²) in [5, 5.41) is 9.62. The van der Waals surface area contributed by atoms with Crippen molar-refractivity contribution in [3.63, 3.8) is 0 Å². The van der Waals surface area contributed by atoms with E-state index in [0.29, 0.717) is 18.1 Å². The lowest BCUT2D eigenvalue weighted by Crippen LogP contribution is -2.28. The van der Waals surface area contributed by atoms with E-state index in [1.54, 1.807) is 17.9 Å². The van der Waals surface area contributed by atoms with E-state index in [2.05, 4.69) is 28.2 Å². The monoisotopic (exact) mass is 374 g/mol. The van der Waals surface area contributed by atoms with E-state index in [1.165, 1.54) is 11.1 Å². The SMILES string of the molecule is Cc1cc([C@H](C#N)C(=O)[C@H]2CC(=O)N(c3ccc4c(c3)CCC4)C2)nc(C)n1. The second kappa shape index (κ2) is 7.16. The summed E-state index contributed by atoms with van der Waals surface area (Å²) < 4.78 is 0. The molecule has 142 valence electrons. The summed E-state index contributed by atoms with van der Waals surface area (Å²) in [7, 11) is 0. The van der Waals surface area contributed by atoms with Crippen molar-refractivity contribution < 1.29 is 9.59 Å². The van der Waals surface area contributed by atoms with Gasteiger partial charge in [-0.05, 0) is 62.4 Å². The van der Waals surface area contributed by atoms with Crippen LogP contribution in [-0.4, -0.2) is 28.2 Å². The lowest BCUT2D eigenvalue weighted by atomic mass is 9.90. The van der Waals surface area contributed by atoms with Crippen LogP contribution in [0.3, 0.4) is 0 Å². The third-order valence-corrected chi connectivity index (χ3v) is 5.62. The average molecular weight is 374 g/mol. The maximum absolute atomic E-state index is 13.0. The Morgan fingerprint density at radius 2 is 2.00 bits per heavy atom. The molecule has 2 aliphatic rings. The lowest BCUT2D eigenvalue weighted by Gasteiger charge is -2.18. The number of hydrogen-bond acceptors (Lipinski definition) is 5. The molecule has 1 saturated heterocycles. The Morgan fingerprint density at radius 1 is 1.21 bits per heavy atom. The smallest absolute Gasteiger partial charge is 0.227 e. The van der Waals surface area contributed by atoms with Gasteiger partial charge in [0.15, 0.2) is 5.78 Å². The van der Waals surface area contributed by atoms with E-state index in [1.807, 2.05) is 13.0 Å². The Kier molecular flexibility index (Phi) is 4.68. The highest BCUT2D eigenvalue weighted by Crippen LogP contribution is 2.32. The van der Waals surface area contributed by atoms with Crippen molar-refractivity contribution in [2.75, 3.05) is 11.4 Å². The maximum atomic E-state index is 13.0. The Hall–Kier alpha value is -3.07. The highest BCUT2D eigenvalue weighted by atomic mass is 16.2. The van der Waals surface area contributed by atoms with Crippen molar-refractivity contribution in [1.29, 1.82) is 5.26 Å². The minimum Gasteiger partial charge on any atom is -0.312 e. The molecule has 0 saturated carbocycles. The second-order valence-corrected chi connectivity index (χ2v) is 7.66. The topological polar surface area (TPSA) is 87.0 Å². The van der Waals surface area contributed by atoms with Gasteiger partial charge in [-0.1, -0.05) is 6.07 Å². The fourth-order valence-corrected chi connectivity index (χ4v) is 4.28. The van der Waals surface area contributed by atoms with Crippen molar-refractivity contribution >= 4 is 17.4 Å². The van der Waals surface area contributed by atoms with E-state index >= 15 is 0 Å². The second-order valence-electron chi connectivity index (χ2n) is 7.66. The molecule has 6 heteroatoms. The average Bonchev–Trinajstić information content (AvgIpc) is 3.27. The summed E-state index contributed by atoms with van der Waals surface area (Å²) >= 11 is 0. The molecule has 2 aromatic rings. The molecule has 1 aliphatic carbocycles. The van der Waals surface area contributed by atoms with Gasteiger partial charge in [-0.25, -0.2) is 9.97 Å². The zero-order valence-corrected chi connectivity index (χ0v) is 16.1. The van der Waals surface area contributed by atoms with Gasteiger partial charge in [-0.15, -0.1) is 0 Å². The number of hydrogen-bond donors (Lipinski definition) is 0. The number of fused-ring (bicyclic) bond motifs is 1. The van der Waals surface area contributed by atoms with E-state index in [9.17, 15) is 14.9 Å². The van der Waals surface area contributed by atoms with Gasteiger partial charge in [0.1, 0.15) is 11.7 Å². The van der Waals surface area contributed by atoms with Crippen molar-refractivity contribution in [3.8, 4) is 6.07 Å². The van der Waals surface area contributed by atoms with Crippen LogP contribution in [-0.2, 0) is 22.4 Å². The van der Waals surface area contributed by atoms with E-state index in [-0.39, 0.29) is 18.1 Å². The molecule has 1 aromatic heterocycles. The number of rotatable bonds is 4. The molecule has 0 bridgehead atoms. The number of nitriles is 1. The van der Waals surface area contributed by atoms with E-state index in [0.717, 1.165) is 30.6 Å². The highest BCUT2D eigenvalue weighted by Gasteiger charge is 2.39. The van der Waals surface area contributed by atoms with Gasteiger partial charge >= 0.3 is 0 Å². The third-order valence-electron chi connectivity index (χ3n) is 5.62. The molecule has 1 amide bonds. The standard InChI is InChI=1S/C22H22N4O2/c1-13-8-20(25-14(2)24-13)19(11-23)22(28)17-10-21(27)26(12-17)18-7-6-15-4-3-5-16(15)9-18/h6-9,17,19H,3-5,10,12H2,1-2H3/t17-,19-/m0/s1. The summed E-state index contributed by atoms with van der Waals surface area (Å²) in [5.41, 5.74) is 4.63. The van der Waals surface area contributed by atoms with Crippen LogP contribution in [0.15, 0.2) is 24.3 Å². The van der Waals surface area contributed by atoms with Crippen molar-refractivity contribution in [1.82, 2.24) is 9.97 Å². The maximum Gasteiger partial charge on any atom is 0.227 e. The first-order valence-electron chi connectivity index (χ1n) is 9.64. The minimum absolute atomic E-state index is 0.0666. The van der Waals surface area contributed by atoms with Crippen LogP contribution in [0.4, 0.5) is 5.69 Å². The molecule has 0 N–H and O–H groups in total. The molecule has 0 radical (unpaired) electrons. The Labute approximate surface area is 164 Å². The van der Waals surface area contributed by atoms with Crippen molar-refractivity contribution in [3.05, 3.63) is 52.6 Å². The number of carbonyl (C=O) groups is 2. The Morgan fingerprint density at radius 3 is 2.75 bits per heavy atom. The number of amides is 1. The largest absolute Gasteiger partial charge is 0.312 e. The molecule has 1 aliphatic heterocycles. The number of aryl methyl sites for hydroxylation is 4. The Bertz CT molecular complexity index is 988. The first-order valence-corrected chi connectivity index (χ1v) is 9.64. The first kappa shape index (κ1) is 18.3. The van der Waals surface area contributed by atoms with Gasteiger partial charge in [-0.2, -0.15) is 5.26 Å². The number of carbonyl (C=O) groups excluding carboxylic acids is 2. The zero-order chi connectivity index (χ0) is 19.8. The predicted molar refractivity (Wildman–Crippen MR) is 104 cm³/mol. The number of anilines is 1. The van der Waals surface area contributed by atoms with Crippen molar-refractivity contribution in [2.45, 2.75) is 45.4 Å². The van der Waals surface area contributed by atoms with E-state index < -0.39 is 11.8 Å². The molecule has 0 unspecified atom stereocenters. The minimum atomic E-state index is -0.974. The third kappa shape index (κ3) is 3.29. The van der Waals surface area contributed by atoms with Gasteiger partial charge < -0.3 is 4.90 Å².